The summed E-state index contributed by atoms with van der Waals surface area (Å²) >= 11 is 0. The number of ketones is 1. The number of ether oxygens (including phenoxy) is 2. The van der Waals surface area contributed by atoms with E-state index in [1.165, 1.54) is 4.90 Å². The van der Waals surface area contributed by atoms with Crippen molar-refractivity contribution in [1.82, 2.24) is 9.80 Å². The first-order valence-electron chi connectivity index (χ1n) is 10.7. The number of nitrogens with zero attached hydrogens (tertiary/aromatic N) is 2. The molecule has 2 fully saturated rings. The fraction of sp³-hybridized carbons (Fsp3) is 0.591. The molecule has 2 saturated heterocycles. The lowest BCUT2D eigenvalue weighted by molar-refractivity contribution is -0.157. The molecule has 0 spiro atoms. The van der Waals surface area contributed by atoms with Crippen molar-refractivity contribution in [2.75, 3.05) is 39.9 Å². The number of carbonyl (C=O) groups excluding carboxylic acids is 5. The number of likely N-dealkylation sites (tertiary alicyclic amines) is 2. The van der Waals surface area contributed by atoms with Crippen molar-refractivity contribution in [3.8, 4) is 0 Å². The van der Waals surface area contributed by atoms with E-state index in [1.807, 2.05) is 13.0 Å². The Balaban J connectivity index is 1.73. The Bertz CT molecular complexity index is 845. The summed E-state index contributed by atoms with van der Waals surface area (Å²) in [5.74, 6) is -5.00. The first kappa shape index (κ1) is 25.1. The predicted octanol–water partition coefficient (Wildman–Crippen LogP) is 0.911. The molecule has 10 heteroatoms. The number of amides is 2. The van der Waals surface area contributed by atoms with Crippen molar-refractivity contribution in [3.63, 3.8) is 0 Å². The highest BCUT2D eigenvalue weighted by Crippen LogP contribution is 2.21. The number of esters is 2. The standard InChI is InChI=1S/C22H30N2O8/c1-4-31-21(29)18(26)16-8-12-24(20(16)28)10-5-6-14(2)9-13-32-22(30)17(25)15-7-11-23(3)19(15)27/h6,15,26H,4-5,7-13H2,1-3H3/b14-6+,18-16-. The van der Waals surface area contributed by atoms with Crippen LogP contribution in [0.5, 0.6) is 0 Å². The lowest BCUT2D eigenvalue weighted by Crippen LogP contribution is -2.32. The van der Waals surface area contributed by atoms with Crippen LogP contribution in [-0.2, 0) is 33.4 Å². The summed E-state index contributed by atoms with van der Waals surface area (Å²) in [5, 5.41) is 9.89. The highest BCUT2D eigenvalue weighted by atomic mass is 16.5. The Hall–Kier alpha value is -3.17. The number of hydrogen-bond acceptors (Lipinski definition) is 8. The van der Waals surface area contributed by atoms with Crippen molar-refractivity contribution in [1.29, 1.82) is 0 Å². The molecular weight excluding hydrogens is 420 g/mol. The number of carbonyl (C=O) groups is 5. The monoisotopic (exact) mass is 450 g/mol. The Morgan fingerprint density at radius 3 is 2.50 bits per heavy atom. The van der Waals surface area contributed by atoms with Gasteiger partial charge in [0, 0.05) is 33.1 Å². The van der Waals surface area contributed by atoms with Crippen LogP contribution in [0, 0.1) is 5.92 Å². The maximum Gasteiger partial charge on any atom is 0.375 e. The second-order valence-electron chi connectivity index (χ2n) is 7.78. The van der Waals surface area contributed by atoms with Gasteiger partial charge in [0.15, 0.2) is 0 Å². The third kappa shape index (κ3) is 6.18. The van der Waals surface area contributed by atoms with Gasteiger partial charge in [-0.3, -0.25) is 14.4 Å². The topological polar surface area (TPSA) is 131 Å². The van der Waals surface area contributed by atoms with Crippen LogP contribution in [0.1, 0.15) is 39.5 Å². The molecule has 10 nitrogen and oxygen atoms in total. The number of aliphatic hydroxyl groups is 1. The van der Waals surface area contributed by atoms with Gasteiger partial charge in [-0.05, 0) is 33.1 Å². The second kappa shape index (κ2) is 11.4. The normalized spacial score (nSPS) is 20.6. The van der Waals surface area contributed by atoms with Crippen LogP contribution in [0.3, 0.4) is 0 Å². The van der Waals surface area contributed by atoms with Crippen LogP contribution >= 0.6 is 0 Å². The van der Waals surface area contributed by atoms with Gasteiger partial charge in [0.25, 0.3) is 11.7 Å². The number of aliphatic hydroxyl groups excluding tert-OH is 1. The Kier molecular flexibility index (Phi) is 8.98. The zero-order chi connectivity index (χ0) is 23.8. The number of rotatable bonds is 10. The maximum absolute atomic E-state index is 12.4. The van der Waals surface area contributed by atoms with E-state index >= 15 is 0 Å². The zero-order valence-corrected chi connectivity index (χ0v) is 18.7. The zero-order valence-electron chi connectivity index (χ0n) is 18.7. The molecule has 0 aromatic rings. The van der Waals surface area contributed by atoms with Gasteiger partial charge in [0.1, 0.15) is 5.92 Å². The molecule has 2 rings (SSSR count). The van der Waals surface area contributed by atoms with Crippen molar-refractivity contribution in [3.05, 3.63) is 23.0 Å². The van der Waals surface area contributed by atoms with Gasteiger partial charge in [0.2, 0.25) is 11.7 Å². The van der Waals surface area contributed by atoms with E-state index in [-0.39, 0.29) is 37.0 Å². The van der Waals surface area contributed by atoms with Gasteiger partial charge in [-0.15, -0.1) is 0 Å². The van der Waals surface area contributed by atoms with E-state index in [0.717, 1.165) is 5.57 Å². The largest absolute Gasteiger partial charge is 0.501 e. The molecule has 0 aliphatic carbocycles. The summed E-state index contributed by atoms with van der Waals surface area (Å²) in [4.78, 5) is 62.7. The second-order valence-corrected chi connectivity index (χ2v) is 7.78. The van der Waals surface area contributed by atoms with Crippen molar-refractivity contribution >= 4 is 29.5 Å². The van der Waals surface area contributed by atoms with E-state index in [1.54, 1.807) is 18.9 Å². The molecular formula is C22H30N2O8. The summed E-state index contributed by atoms with van der Waals surface area (Å²) in [6.07, 6.45) is 3.45. The van der Waals surface area contributed by atoms with Crippen LogP contribution in [-0.4, -0.2) is 84.3 Å². The third-order valence-electron chi connectivity index (χ3n) is 5.50. The van der Waals surface area contributed by atoms with Crippen LogP contribution in [0.2, 0.25) is 0 Å². The average molecular weight is 450 g/mol. The maximum atomic E-state index is 12.4. The Morgan fingerprint density at radius 1 is 1.16 bits per heavy atom. The van der Waals surface area contributed by atoms with Gasteiger partial charge in [-0.25, -0.2) is 9.59 Å². The van der Waals surface area contributed by atoms with Crippen LogP contribution in [0.4, 0.5) is 0 Å². The van der Waals surface area contributed by atoms with E-state index in [9.17, 15) is 29.1 Å². The van der Waals surface area contributed by atoms with Gasteiger partial charge in [-0.2, -0.15) is 0 Å². The number of Topliss-reactive ketones (excluding diaryl/α,β-unsaturated/α-hetero) is 1. The first-order chi connectivity index (χ1) is 15.2. The predicted molar refractivity (Wildman–Crippen MR) is 112 cm³/mol. The number of hydrogen-bond donors (Lipinski definition) is 1. The van der Waals surface area contributed by atoms with Crippen molar-refractivity contribution in [2.45, 2.75) is 39.5 Å². The van der Waals surface area contributed by atoms with Crippen molar-refractivity contribution < 1.29 is 38.6 Å². The molecule has 1 atom stereocenters. The van der Waals surface area contributed by atoms with Gasteiger partial charge >= 0.3 is 11.9 Å². The summed E-state index contributed by atoms with van der Waals surface area (Å²) in [6.45, 7) is 4.84. The fourth-order valence-electron chi connectivity index (χ4n) is 3.55. The van der Waals surface area contributed by atoms with Crippen LogP contribution in [0.15, 0.2) is 23.0 Å². The molecule has 1 N–H and O–H groups in total. The summed E-state index contributed by atoms with van der Waals surface area (Å²) < 4.78 is 9.73. The van der Waals surface area contributed by atoms with Gasteiger partial charge in [-0.1, -0.05) is 11.6 Å². The Morgan fingerprint density at radius 2 is 1.88 bits per heavy atom. The van der Waals surface area contributed by atoms with E-state index < -0.39 is 29.4 Å². The molecule has 0 bridgehead atoms. The molecule has 0 aromatic heterocycles. The first-order valence-corrected chi connectivity index (χ1v) is 10.7. The molecule has 2 aliphatic rings. The van der Waals surface area contributed by atoms with Gasteiger partial charge < -0.3 is 24.4 Å². The van der Waals surface area contributed by atoms with E-state index in [2.05, 4.69) is 0 Å². The van der Waals surface area contributed by atoms with Crippen LogP contribution in [0.25, 0.3) is 0 Å². The SMILES string of the molecule is CCOC(=O)/C(O)=C1\CCN(CC/C=C(\C)CCOC(=O)C(=O)C2CCN(C)C2=O)C1=O. The summed E-state index contributed by atoms with van der Waals surface area (Å²) in [6, 6.07) is 0. The summed E-state index contributed by atoms with van der Waals surface area (Å²) in [5.41, 5.74) is 0.978. The highest BCUT2D eigenvalue weighted by molar-refractivity contribution is 6.38. The lowest BCUT2D eigenvalue weighted by atomic mass is 10.0. The fourth-order valence-corrected chi connectivity index (χ4v) is 3.55. The minimum absolute atomic E-state index is 0.0204. The smallest absolute Gasteiger partial charge is 0.375 e. The molecule has 2 amide bonds. The minimum atomic E-state index is -0.991. The molecule has 0 saturated carbocycles. The average Bonchev–Trinajstić information content (AvgIpc) is 3.29. The lowest BCUT2D eigenvalue weighted by Gasteiger charge is -2.14. The summed E-state index contributed by atoms with van der Waals surface area (Å²) in [7, 11) is 1.59. The third-order valence-corrected chi connectivity index (χ3v) is 5.50. The minimum Gasteiger partial charge on any atom is -0.501 e. The molecule has 1 unspecified atom stereocenters. The molecule has 0 aromatic carbocycles. The molecule has 32 heavy (non-hydrogen) atoms. The quantitative estimate of drug-likeness (QED) is 0.130. The highest BCUT2D eigenvalue weighted by Gasteiger charge is 2.39. The van der Waals surface area contributed by atoms with E-state index in [0.29, 0.717) is 38.9 Å². The molecule has 0 radical (unpaired) electrons. The van der Waals surface area contributed by atoms with E-state index in [4.69, 9.17) is 9.47 Å². The van der Waals surface area contributed by atoms with Crippen LogP contribution < -0.4 is 0 Å². The molecule has 176 valence electrons. The Labute approximate surface area is 186 Å². The molecule has 2 heterocycles. The van der Waals surface area contributed by atoms with Gasteiger partial charge in [0.05, 0.1) is 18.8 Å². The van der Waals surface area contributed by atoms with Crippen molar-refractivity contribution in [2.24, 2.45) is 5.92 Å². The molecule has 2 aliphatic heterocycles.